The van der Waals surface area contributed by atoms with Crippen molar-refractivity contribution >= 4 is 34.5 Å². The molecule has 2 heterocycles. The van der Waals surface area contributed by atoms with E-state index in [4.69, 9.17) is 16.7 Å². The summed E-state index contributed by atoms with van der Waals surface area (Å²) < 4.78 is 0. The Kier molecular flexibility index (Phi) is 4.34. The van der Waals surface area contributed by atoms with E-state index in [-0.39, 0.29) is 11.8 Å². The fraction of sp³-hybridized carbons (Fsp3) is 0.312. The highest BCUT2D eigenvalue weighted by Crippen LogP contribution is 2.21. The van der Waals surface area contributed by atoms with Crippen LogP contribution in [0, 0.1) is 5.92 Å². The van der Waals surface area contributed by atoms with E-state index in [0.29, 0.717) is 30.4 Å². The Balaban J connectivity index is 1.71. The molecule has 1 aliphatic rings. The lowest BCUT2D eigenvalue weighted by Gasteiger charge is -2.16. The molecule has 23 heavy (non-hydrogen) atoms. The van der Waals surface area contributed by atoms with Gasteiger partial charge in [-0.2, -0.15) is 0 Å². The Morgan fingerprint density at radius 1 is 1.35 bits per heavy atom. The maximum Gasteiger partial charge on any atom is 0.404 e. The Bertz CT molecular complexity index is 765. The van der Waals surface area contributed by atoms with E-state index in [0.717, 1.165) is 17.3 Å². The van der Waals surface area contributed by atoms with Crippen LogP contribution in [0.3, 0.4) is 0 Å². The van der Waals surface area contributed by atoms with Gasteiger partial charge >= 0.3 is 6.09 Å². The molecule has 2 aromatic rings. The number of halogens is 1. The third kappa shape index (κ3) is 3.53. The molecule has 2 amide bonds. The number of benzene rings is 1. The molecule has 0 spiro atoms. The number of fused-ring (bicyclic) bond motifs is 1. The van der Waals surface area contributed by atoms with E-state index in [2.05, 4.69) is 10.3 Å². The highest BCUT2D eigenvalue weighted by atomic mass is 35.5. The van der Waals surface area contributed by atoms with Gasteiger partial charge in [0.2, 0.25) is 0 Å². The molecule has 2 N–H and O–H groups in total. The Hall–Kier alpha value is -2.34. The monoisotopic (exact) mass is 333 g/mol. The van der Waals surface area contributed by atoms with Crippen molar-refractivity contribution in [1.82, 2.24) is 15.2 Å². The molecule has 0 radical (unpaired) electrons. The number of carboxylic acid groups (broad SMARTS) is 1. The van der Waals surface area contributed by atoms with E-state index >= 15 is 0 Å². The summed E-state index contributed by atoms with van der Waals surface area (Å²) in [5.74, 6) is 0.0222. The molecule has 1 atom stereocenters. The van der Waals surface area contributed by atoms with Crippen LogP contribution < -0.4 is 5.32 Å². The fourth-order valence-corrected chi connectivity index (χ4v) is 2.97. The molecule has 3 rings (SSSR count). The van der Waals surface area contributed by atoms with Gasteiger partial charge in [-0.1, -0.05) is 17.7 Å². The SMILES string of the molecule is O=C(O)NCC1CCN(C(=O)c2ccc3cc(Cl)ccc3n2)C1. The quantitative estimate of drug-likeness (QED) is 0.904. The topological polar surface area (TPSA) is 82.5 Å². The van der Waals surface area contributed by atoms with E-state index in [1.807, 2.05) is 12.1 Å². The van der Waals surface area contributed by atoms with Gasteiger partial charge in [0.25, 0.3) is 5.91 Å². The minimum absolute atomic E-state index is 0.125. The molecule has 120 valence electrons. The largest absolute Gasteiger partial charge is 0.465 e. The van der Waals surface area contributed by atoms with Crippen LogP contribution in [0.15, 0.2) is 30.3 Å². The lowest BCUT2D eigenvalue weighted by molar-refractivity contribution is 0.0782. The molecule has 1 aliphatic heterocycles. The molecule has 6 nitrogen and oxygen atoms in total. The minimum Gasteiger partial charge on any atom is -0.465 e. The molecule has 1 aromatic carbocycles. The maximum atomic E-state index is 12.5. The molecule has 0 aliphatic carbocycles. The van der Waals surface area contributed by atoms with Crippen LogP contribution in [0.4, 0.5) is 4.79 Å². The molecule has 1 unspecified atom stereocenters. The predicted octanol–water partition coefficient (Wildman–Crippen LogP) is 2.62. The number of likely N-dealkylation sites (tertiary alicyclic amines) is 1. The van der Waals surface area contributed by atoms with Crippen molar-refractivity contribution in [1.29, 1.82) is 0 Å². The lowest BCUT2D eigenvalue weighted by atomic mass is 10.1. The average molecular weight is 334 g/mol. The van der Waals surface area contributed by atoms with Crippen molar-refractivity contribution in [2.24, 2.45) is 5.92 Å². The van der Waals surface area contributed by atoms with Gasteiger partial charge in [0.05, 0.1) is 5.52 Å². The van der Waals surface area contributed by atoms with Gasteiger partial charge in [0.1, 0.15) is 5.69 Å². The summed E-state index contributed by atoms with van der Waals surface area (Å²) in [6.45, 7) is 1.52. The van der Waals surface area contributed by atoms with Gasteiger partial charge < -0.3 is 15.3 Å². The normalized spacial score (nSPS) is 17.4. The van der Waals surface area contributed by atoms with Crippen molar-refractivity contribution in [2.75, 3.05) is 19.6 Å². The number of pyridine rings is 1. The van der Waals surface area contributed by atoms with Crippen molar-refractivity contribution < 1.29 is 14.7 Å². The third-order valence-electron chi connectivity index (χ3n) is 3.99. The molecule has 1 aromatic heterocycles. The van der Waals surface area contributed by atoms with Crippen molar-refractivity contribution in [3.63, 3.8) is 0 Å². The van der Waals surface area contributed by atoms with E-state index in [1.54, 1.807) is 23.1 Å². The molecular weight excluding hydrogens is 318 g/mol. The van der Waals surface area contributed by atoms with Crippen LogP contribution in [0.25, 0.3) is 10.9 Å². The summed E-state index contributed by atoms with van der Waals surface area (Å²) in [6.07, 6.45) is -0.250. The minimum atomic E-state index is -1.04. The number of rotatable bonds is 3. The van der Waals surface area contributed by atoms with Gasteiger partial charge in [0, 0.05) is 30.0 Å². The molecular formula is C16H16ClN3O3. The zero-order valence-electron chi connectivity index (χ0n) is 12.3. The first-order chi connectivity index (χ1) is 11.0. The first-order valence-corrected chi connectivity index (χ1v) is 7.73. The van der Waals surface area contributed by atoms with Crippen molar-refractivity contribution in [2.45, 2.75) is 6.42 Å². The van der Waals surface area contributed by atoms with E-state index in [1.165, 1.54) is 0 Å². The Labute approximate surface area is 138 Å². The molecule has 1 fully saturated rings. The zero-order chi connectivity index (χ0) is 16.4. The highest BCUT2D eigenvalue weighted by Gasteiger charge is 2.27. The van der Waals surface area contributed by atoms with Gasteiger partial charge in [-0.3, -0.25) is 4.79 Å². The number of nitrogens with one attached hydrogen (secondary N) is 1. The summed E-state index contributed by atoms with van der Waals surface area (Å²) in [6, 6.07) is 8.87. The summed E-state index contributed by atoms with van der Waals surface area (Å²) in [7, 11) is 0. The standard InChI is InChI=1S/C16H16ClN3O3/c17-12-2-4-13-11(7-12)1-3-14(19-13)15(21)20-6-5-10(9-20)8-18-16(22)23/h1-4,7,10,18H,5-6,8-9H2,(H,22,23). The lowest BCUT2D eigenvalue weighted by Crippen LogP contribution is -2.32. The number of amides is 2. The van der Waals surface area contributed by atoms with Crippen LogP contribution in [-0.4, -0.2) is 46.6 Å². The number of hydrogen-bond donors (Lipinski definition) is 2. The van der Waals surface area contributed by atoms with E-state index in [9.17, 15) is 9.59 Å². The second-order valence-corrected chi connectivity index (χ2v) is 6.06. The van der Waals surface area contributed by atoms with Gasteiger partial charge in [-0.25, -0.2) is 9.78 Å². The Morgan fingerprint density at radius 2 is 2.17 bits per heavy atom. The molecule has 1 saturated heterocycles. The molecule has 7 heteroatoms. The van der Waals surface area contributed by atoms with Crippen LogP contribution in [0.1, 0.15) is 16.9 Å². The van der Waals surface area contributed by atoms with Crippen molar-refractivity contribution in [3.05, 3.63) is 41.0 Å². The predicted molar refractivity (Wildman–Crippen MR) is 86.8 cm³/mol. The second kappa shape index (κ2) is 6.42. The number of carbonyl (C=O) groups excluding carboxylic acids is 1. The molecule has 0 saturated carbocycles. The summed E-state index contributed by atoms with van der Waals surface area (Å²) >= 11 is 5.94. The average Bonchev–Trinajstić information content (AvgIpc) is 3.00. The number of nitrogens with zero attached hydrogens (tertiary/aromatic N) is 2. The summed E-state index contributed by atoms with van der Waals surface area (Å²) in [5, 5.41) is 12.5. The van der Waals surface area contributed by atoms with E-state index < -0.39 is 6.09 Å². The smallest absolute Gasteiger partial charge is 0.404 e. The number of aromatic nitrogens is 1. The fourth-order valence-electron chi connectivity index (χ4n) is 2.79. The van der Waals surface area contributed by atoms with Crippen LogP contribution in [-0.2, 0) is 0 Å². The first kappa shape index (κ1) is 15.6. The number of hydrogen-bond acceptors (Lipinski definition) is 3. The van der Waals surface area contributed by atoms with Gasteiger partial charge in [-0.15, -0.1) is 0 Å². The van der Waals surface area contributed by atoms with Crippen LogP contribution in [0.5, 0.6) is 0 Å². The summed E-state index contributed by atoms with van der Waals surface area (Å²) in [4.78, 5) is 29.2. The number of carbonyl (C=O) groups is 2. The molecule has 0 bridgehead atoms. The third-order valence-corrected chi connectivity index (χ3v) is 4.22. The Morgan fingerprint density at radius 3 is 2.96 bits per heavy atom. The first-order valence-electron chi connectivity index (χ1n) is 7.35. The maximum absolute atomic E-state index is 12.5. The van der Waals surface area contributed by atoms with Crippen LogP contribution in [0.2, 0.25) is 5.02 Å². The zero-order valence-corrected chi connectivity index (χ0v) is 13.1. The highest BCUT2D eigenvalue weighted by molar-refractivity contribution is 6.31. The van der Waals surface area contributed by atoms with Crippen LogP contribution >= 0.6 is 11.6 Å². The van der Waals surface area contributed by atoms with Gasteiger partial charge in [0.15, 0.2) is 0 Å². The summed E-state index contributed by atoms with van der Waals surface area (Å²) in [5.41, 5.74) is 1.12. The van der Waals surface area contributed by atoms with Gasteiger partial charge in [-0.05, 0) is 36.6 Å². The second-order valence-electron chi connectivity index (χ2n) is 5.63. The van der Waals surface area contributed by atoms with Crippen molar-refractivity contribution in [3.8, 4) is 0 Å².